The highest BCUT2D eigenvalue weighted by molar-refractivity contribution is 6.31. The molecule has 0 amide bonds. The monoisotopic (exact) mass is 376 g/mol. The third-order valence-corrected chi connectivity index (χ3v) is 5.20. The highest BCUT2D eigenvalue weighted by Crippen LogP contribution is 2.25. The summed E-state index contributed by atoms with van der Waals surface area (Å²) in [4.78, 5) is 0. The Balaban J connectivity index is 1.98. The van der Waals surface area contributed by atoms with E-state index in [1.54, 1.807) is 0 Å². The summed E-state index contributed by atoms with van der Waals surface area (Å²) < 4.78 is 5.76. The Labute approximate surface area is 161 Å². The van der Waals surface area contributed by atoms with Gasteiger partial charge < -0.3 is 14.9 Å². The van der Waals surface area contributed by atoms with Gasteiger partial charge in [-0.2, -0.15) is 0 Å². The fraction of sp³-hybridized carbons (Fsp3) is 0.455. The minimum atomic E-state index is -0.477. The second-order valence-electron chi connectivity index (χ2n) is 6.94. The van der Waals surface area contributed by atoms with Gasteiger partial charge in [-0.15, -0.1) is 0 Å². The van der Waals surface area contributed by atoms with Crippen molar-refractivity contribution in [1.82, 2.24) is 0 Å². The van der Waals surface area contributed by atoms with Crippen LogP contribution < -0.4 is 0 Å². The van der Waals surface area contributed by atoms with Crippen molar-refractivity contribution >= 4 is 11.6 Å². The Morgan fingerprint density at radius 1 is 1.23 bits per heavy atom. The molecule has 0 unspecified atom stereocenters. The molecule has 0 bridgehead atoms. The van der Waals surface area contributed by atoms with Crippen LogP contribution in [0.4, 0.5) is 0 Å². The molecule has 1 saturated heterocycles. The van der Waals surface area contributed by atoms with Crippen molar-refractivity contribution in [3.63, 3.8) is 0 Å². The van der Waals surface area contributed by atoms with Crippen LogP contribution in [0.3, 0.4) is 0 Å². The number of aliphatic hydroxyl groups excluding tert-OH is 2. The highest BCUT2D eigenvalue weighted by Gasteiger charge is 2.28. The number of ether oxygens (including phenoxy) is 1. The van der Waals surface area contributed by atoms with Gasteiger partial charge in [-0.1, -0.05) is 61.0 Å². The molecule has 3 nitrogen and oxygen atoms in total. The van der Waals surface area contributed by atoms with E-state index in [4.69, 9.17) is 16.3 Å². The molecule has 1 heterocycles. The third-order valence-electron chi connectivity index (χ3n) is 4.75. The van der Waals surface area contributed by atoms with E-state index < -0.39 is 6.10 Å². The molecule has 3 atom stereocenters. The van der Waals surface area contributed by atoms with E-state index in [1.165, 1.54) is 11.1 Å². The van der Waals surface area contributed by atoms with Gasteiger partial charge in [0.1, 0.15) is 0 Å². The van der Waals surface area contributed by atoms with E-state index in [0.29, 0.717) is 17.9 Å². The summed E-state index contributed by atoms with van der Waals surface area (Å²) in [7, 11) is 0. The Morgan fingerprint density at radius 3 is 2.50 bits per heavy atom. The van der Waals surface area contributed by atoms with E-state index in [-0.39, 0.29) is 18.8 Å². The molecule has 0 aromatic heterocycles. The fourth-order valence-electron chi connectivity index (χ4n) is 3.06. The lowest BCUT2D eigenvalue weighted by molar-refractivity contribution is -0.0962. The quantitative estimate of drug-likeness (QED) is 0.697. The first-order chi connectivity index (χ1) is 12.4. The minimum Gasteiger partial charge on any atom is -0.394 e. The number of hydrogen-bond acceptors (Lipinski definition) is 3. The second kappa shape index (κ2) is 10.1. The maximum Gasteiger partial charge on any atom is 0.0848 e. The Kier molecular flexibility index (Phi) is 8.11. The molecule has 0 saturated carbocycles. The smallest absolute Gasteiger partial charge is 0.0848 e. The van der Waals surface area contributed by atoms with E-state index in [1.807, 2.05) is 19.1 Å². The summed E-state index contributed by atoms with van der Waals surface area (Å²) in [5.41, 5.74) is 4.39. The zero-order valence-electron chi connectivity index (χ0n) is 15.6. The molecule has 4 heteroatoms. The summed E-state index contributed by atoms with van der Waals surface area (Å²) in [6.07, 6.45) is 5.34. The van der Waals surface area contributed by atoms with E-state index in [9.17, 15) is 10.2 Å². The summed E-state index contributed by atoms with van der Waals surface area (Å²) in [6.45, 7) is 8.10. The molecule has 1 fully saturated rings. The van der Waals surface area contributed by atoms with Crippen LogP contribution in [0.5, 0.6) is 0 Å². The lowest BCUT2D eigenvalue weighted by atomic mass is 9.96. The summed E-state index contributed by atoms with van der Waals surface area (Å²) in [6, 6.07) is 8.58. The minimum absolute atomic E-state index is 0.0961. The van der Waals surface area contributed by atoms with Crippen LogP contribution in [-0.2, 0) is 17.6 Å². The number of allylic oxidation sites excluding steroid dienone is 3. The molecule has 26 heavy (non-hydrogen) atoms. The topological polar surface area (TPSA) is 49.7 Å². The molecule has 1 aliphatic rings. The Bertz CT molecular complexity index is 660. The maximum atomic E-state index is 9.91. The van der Waals surface area contributed by atoms with Crippen molar-refractivity contribution in [3.05, 3.63) is 70.3 Å². The standard InChI is InChI=1S/C22H29ClO3/c1-4-17-6-8-18(9-7-17)11-16(3)21(23)10-5-15(2)22-13-19(25)12-20(14-24)26-22/h5-10,19-20,22,24-25H,2,4,11-14H2,1,3H3/b10-5-,21-16-/t19-,20-,22+/m0/s1. The number of hydrogen-bond donors (Lipinski definition) is 2. The zero-order chi connectivity index (χ0) is 19.1. The average molecular weight is 377 g/mol. The van der Waals surface area contributed by atoms with E-state index in [0.717, 1.165) is 24.0 Å². The molecule has 1 aliphatic heterocycles. The van der Waals surface area contributed by atoms with Gasteiger partial charge in [0, 0.05) is 17.9 Å². The van der Waals surface area contributed by atoms with Crippen LogP contribution in [0.1, 0.15) is 37.8 Å². The molecule has 1 aromatic rings. The van der Waals surface area contributed by atoms with Crippen molar-refractivity contribution < 1.29 is 14.9 Å². The first kappa shape index (κ1) is 20.9. The molecule has 0 aliphatic carbocycles. The predicted molar refractivity (Wildman–Crippen MR) is 107 cm³/mol. The van der Waals surface area contributed by atoms with Crippen molar-refractivity contribution in [2.24, 2.45) is 0 Å². The van der Waals surface area contributed by atoms with Crippen molar-refractivity contribution in [2.45, 2.75) is 57.8 Å². The first-order valence-corrected chi connectivity index (χ1v) is 9.55. The van der Waals surface area contributed by atoms with E-state index in [2.05, 4.69) is 37.8 Å². The van der Waals surface area contributed by atoms with Crippen LogP contribution in [0.2, 0.25) is 0 Å². The normalized spacial score (nSPS) is 24.6. The maximum absolute atomic E-state index is 9.91. The Hall–Kier alpha value is -1.39. The number of rotatable bonds is 7. The number of halogens is 1. The Morgan fingerprint density at radius 2 is 1.88 bits per heavy atom. The zero-order valence-corrected chi connectivity index (χ0v) is 16.4. The molecular weight excluding hydrogens is 348 g/mol. The summed E-state index contributed by atoms with van der Waals surface area (Å²) in [5.74, 6) is 0. The van der Waals surface area contributed by atoms with Crippen LogP contribution in [-0.4, -0.2) is 35.1 Å². The van der Waals surface area contributed by atoms with Crippen molar-refractivity contribution in [3.8, 4) is 0 Å². The largest absolute Gasteiger partial charge is 0.394 e. The number of aliphatic hydroxyl groups is 2. The van der Waals surface area contributed by atoms with Gasteiger partial charge in [-0.25, -0.2) is 0 Å². The SMILES string of the molecule is C=C(/C=C\C(Cl)=C(/C)Cc1ccc(CC)cc1)[C@H]1C[C@@H](O)C[C@@H](CO)O1. The van der Waals surface area contributed by atoms with Gasteiger partial charge in [-0.3, -0.25) is 0 Å². The number of benzene rings is 1. The molecule has 1 aromatic carbocycles. The fourth-order valence-corrected chi connectivity index (χ4v) is 3.19. The summed E-state index contributed by atoms with van der Waals surface area (Å²) >= 11 is 6.43. The predicted octanol–water partition coefficient (Wildman–Crippen LogP) is 4.32. The molecule has 2 N–H and O–H groups in total. The van der Waals surface area contributed by atoms with Crippen LogP contribution in [0.25, 0.3) is 0 Å². The lowest BCUT2D eigenvalue weighted by Crippen LogP contribution is -2.38. The van der Waals surface area contributed by atoms with Gasteiger partial charge in [0.2, 0.25) is 0 Å². The van der Waals surface area contributed by atoms with Crippen molar-refractivity contribution in [2.75, 3.05) is 6.61 Å². The average Bonchev–Trinajstić information content (AvgIpc) is 2.65. The molecule has 142 valence electrons. The third kappa shape index (κ3) is 6.10. The van der Waals surface area contributed by atoms with Gasteiger partial charge in [0.15, 0.2) is 0 Å². The van der Waals surface area contributed by atoms with Gasteiger partial charge in [0.25, 0.3) is 0 Å². The van der Waals surface area contributed by atoms with Crippen molar-refractivity contribution in [1.29, 1.82) is 0 Å². The van der Waals surface area contributed by atoms with Gasteiger partial charge >= 0.3 is 0 Å². The molecule has 0 radical (unpaired) electrons. The number of aryl methyl sites for hydroxylation is 1. The second-order valence-corrected chi connectivity index (χ2v) is 7.35. The van der Waals surface area contributed by atoms with Crippen LogP contribution in [0, 0.1) is 0 Å². The lowest BCUT2D eigenvalue weighted by Gasteiger charge is -2.32. The molecule has 2 rings (SSSR count). The molecule has 0 spiro atoms. The summed E-state index contributed by atoms with van der Waals surface area (Å²) in [5, 5.41) is 19.8. The molecular formula is C22H29ClO3. The van der Waals surface area contributed by atoms with Gasteiger partial charge in [-0.05, 0) is 42.5 Å². The first-order valence-electron chi connectivity index (χ1n) is 9.17. The van der Waals surface area contributed by atoms with E-state index >= 15 is 0 Å². The van der Waals surface area contributed by atoms with Crippen LogP contribution >= 0.6 is 11.6 Å². The van der Waals surface area contributed by atoms with Gasteiger partial charge in [0.05, 0.1) is 24.9 Å². The van der Waals surface area contributed by atoms with Crippen LogP contribution in [0.15, 0.2) is 59.2 Å². The highest BCUT2D eigenvalue weighted by atomic mass is 35.5.